The van der Waals surface area contributed by atoms with Crippen LogP contribution in [0.3, 0.4) is 0 Å². The summed E-state index contributed by atoms with van der Waals surface area (Å²) < 4.78 is 55.9. The van der Waals surface area contributed by atoms with Crippen molar-refractivity contribution in [2.24, 2.45) is 0 Å². The van der Waals surface area contributed by atoms with E-state index in [4.69, 9.17) is 0 Å². The number of carbonyl (C=O) groups is 1. The van der Waals surface area contributed by atoms with Crippen molar-refractivity contribution in [3.63, 3.8) is 0 Å². The summed E-state index contributed by atoms with van der Waals surface area (Å²) in [5, 5.41) is 5.34. The summed E-state index contributed by atoms with van der Waals surface area (Å²) in [7, 11) is 0. The number of hydrogen-bond donors (Lipinski definition) is 2. The second-order valence-corrected chi connectivity index (χ2v) is 6.19. The van der Waals surface area contributed by atoms with Crippen molar-refractivity contribution in [3.05, 3.63) is 42.7 Å². The Labute approximate surface area is 173 Å². The van der Waals surface area contributed by atoms with E-state index in [1.54, 1.807) is 0 Å². The molecule has 0 aliphatic carbocycles. The van der Waals surface area contributed by atoms with Crippen LogP contribution in [0.15, 0.2) is 36.9 Å². The maximum absolute atomic E-state index is 13.6. The van der Waals surface area contributed by atoms with Crippen LogP contribution in [0.4, 0.5) is 34.9 Å². The third-order valence-electron chi connectivity index (χ3n) is 3.63. The molecule has 0 radical (unpaired) electrons. The number of hydrogen-bond acceptors (Lipinski definition) is 8. The van der Waals surface area contributed by atoms with Gasteiger partial charge in [-0.3, -0.25) is 4.79 Å². The minimum atomic E-state index is -3.26. The molecule has 9 nitrogen and oxygen atoms in total. The lowest BCUT2D eigenvalue weighted by Gasteiger charge is -2.14. The number of amides is 1. The fourth-order valence-electron chi connectivity index (χ4n) is 2.40. The van der Waals surface area contributed by atoms with Crippen molar-refractivity contribution < 1.29 is 27.1 Å². The molecule has 3 aromatic heterocycles. The topological polar surface area (TPSA) is 115 Å². The first-order valence-corrected chi connectivity index (χ1v) is 8.65. The van der Waals surface area contributed by atoms with Gasteiger partial charge in [-0.2, -0.15) is 17.6 Å². The van der Waals surface area contributed by atoms with E-state index in [0.717, 1.165) is 12.4 Å². The maximum Gasteiger partial charge on any atom is 0.388 e. The molecular weight excluding hydrogens is 422 g/mol. The molecule has 0 saturated carbocycles. The first kappa shape index (κ1) is 21.8. The number of nitrogens with zero attached hydrogens (tertiary/aromatic N) is 5. The van der Waals surface area contributed by atoms with Gasteiger partial charge in [-0.1, -0.05) is 0 Å². The van der Waals surface area contributed by atoms with Crippen LogP contribution in [0, 0.1) is 0 Å². The SMILES string of the molecule is CC(=O)Nc1cc(Nc2ccnc(C(C)(F)F)n2)c(-c2cnc(OC(F)F)cn2)cn1. The van der Waals surface area contributed by atoms with Crippen LogP contribution in [0.5, 0.6) is 5.88 Å². The number of carbonyl (C=O) groups excluding carboxylic acids is 1. The standard InChI is InChI=1S/C18H15F4N7O2/c1-9(30)27-14-5-11(28-13-3-4-23-16(29-13)18(2,21)22)10(6-25-14)12-7-26-15(8-24-12)31-17(19)20/h3-8,17H,1-2H3,(H2,23,25,27,28,29,30). The highest BCUT2D eigenvalue weighted by Crippen LogP contribution is 2.31. The zero-order chi connectivity index (χ0) is 22.6. The Morgan fingerprint density at radius 3 is 2.48 bits per heavy atom. The Balaban J connectivity index is 1.99. The quantitative estimate of drug-likeness (QED) is 0.537. The highest BCUT2D eigenvalue weighted by molar-refractivity contribution is 5.89. The number of nitrogens with one attached hydrogen (secondary N) is 2. The fourth-order valence-corrected chi connectivity index (χ4v) is 2.40. The molecule has 162 valence electrons. The Morgan fingerprint density at radius 1 is 1.10 bits per heavy atom. The van der Waals surface area contributed by atoms with E-state index in [0.29, 0.717) is 12.5 Å². The van der Waals surface area contributed by atoms with Crippen molar-refractivity contribution >= 4 is 23.2 Å². The molecule has 3 aromatic rings. The zero-order valence-corrected chi connectivity index (χ0v) is 16.1. The third-order valence-corrected chi connectivity index (χ3v) is 3.63. The van der Waals surface area contributed by atoms with Gasteiger partial charge in [0.25, 0.3) is 0 Å². The van der Waals surface area contributed by atoms with Crippen LogP contribution in [-0.2, 0) is 10.7 Å². The number of pyridine rings is 1. The predicted octanol–water partition coefficient (Wildman–Crippen LogP) is 3.74. The van der Waals surface area contributed by atoms with Gasteiger partial charge in [-0.15, -0.1) is 0 Å². The number of ether oxygens (including phenoxy) is 1. The molecule has 0 bridgehead atoms. The highest BCUT2D eigenvalue weighted by atomic mass is 19.3. The van der Waals surface area contributed by atoms with E-state index in [2.05, 4.69) is 40.3 Å². The lowest BCUT2D eigenvalue weighted by Crippen LogP contribution is -2.13. The molecule has 3 rings (SSSR count). The van der Waals surface area contributed by atoms with Crippen molar-refractivity contribution in [2.75, 3.05) is 10.6 Å². The minimum absolute atomic E-state index is 0.0402. The molecule has 0 unspecified atom stereocenters. The van der Waals surface area contributed by atoms with Gasteiger partial charge in [0.05, 0.1) is 23.8 Å². The predicted molar refractivity (Wildman–Crippen MR) is 101 cm³/mol. The molecule has 0 saturated heterocycles. The summed E-state index contributed by atoms with van der Waals surface area (Å²) in [6.07, 6.45) is 4.66. The average Bonchev–Trinajstić information content (AvgIpc) is 2.68. The molecule has 0 aliphatic rings. The molecule has 0 atom stereocenters. The maximum atomic E-state index is 13.6. The molecule has 0 aliphatic heterocycles. The Hall–Kier alpha value is -3.90. The summed E-state index contributed by atoms with van der Waals surface area (Å²) in [6.45, 7) is -1.10. The van der Waals surface area contributed by atoms with Gasteiger partial charge >= 0.3 is 12.5 Å². The van der Waals surface area contributed by atoms with Crippen LogP contribution in [0.2, 0.25) is 0 Å². The van der Waals surface area contributed by atoms with Crippen molar-refractivity contribution in [1.29, 1.82) is 0 Å². The van der Waals surface area contributed by atoms with Crippen LogP contribution in [0.25, 0.3) is 11.3 Å². The van der Waals surface area contributed by atoms with Gasteiger partial charge in [-0.25, -0.2) is 24.9 Å². The number of alkyl halides is 4. The van der Waals surface area contributed by atoms with Crippen LogP contribution < -0.4 is 15.4 Å². The number of halogens is 4. The second kappa shape index (κ2) is 8.85. The average molecular weight is 437 g/mol. The van der Waals surface area contributed by atoms with E-state index in [1.165, 1.54) is 31.5 Å². The highest BCUT2D eigenvalue weighted by Gasteiger charge is 2.28. The lowest BCUT2D eigenvalue weighted by molar-refractivity contribution is -0.114. The zero-order valence-electron chi connectivity index (χ0n) is 16.1. The smallest absolute Gasteiger partial charge is 0.388 e. The molecule has 2 N–H and O–H groups in total. The molecule has 0 fully saturated rings. The second-order valence-electron chi connectivity index (χ2n) is 6.19. The summed E-state index contributed by atoms with van der Waals surface area (Å²) in [4.78, 5) is 30.5. The molecule has 3 heterocycles. The van der Waals surface area contributed by atoms with E-state index in [1.807, 2.05) is 0 Å². The van der Waals surface area contributed by atoms with Gasteiger partial charge < -0.3 is 15.4 Å². The van der Waals surface area contributed by atoms with Gasteiger partial charge in [0, 0.05) is 37.9 Å². The fraction of sp³-hybridized carbons (Fsp3) is 0.222. The van der Waals surface area contributed by atoms with Crippen molar-refractivity contribution in [2.45, 2.75) is 26.4 Å². The first-order chi connectivity index (χ1) is 14.6. The van der Waals surface area contributed by atoms with Gasteiger partial charge in [0.2, 0.25) is 17.6 Å². The number of anilines is 3. The van der Waals surface area contributed by atoms with Crippen molar-refractivity contribution in [1.82, 2.24) is 24.9 Å². The van der Waals surface area contributed by atoms with Crippen LogP contribution in [-0.4, -0.2) is 37.4 Å². The molecule has 13 heteroatoms. The van der Waals surface area contributed by atoms with Gasteiger partial charge in [-0.05, 0) is 6.07 Å². The third kappa shape index (κ3) is 5.81. The number of rotatable bonds is 7. The summed E-state index contributed by atoms with van der Waals surface area (Å²) in [5.74, 6) is -4.51. The van der Waals surface area contributed by atoms with E-state index < -0.39 is 18.4 Å². The van der Waals surface area contributed by atoms with E-state index in [-0.39, 0.29) is 34.8 Å². The molecular formula is C18H15F4N7O2. The Kier molecular flexibility index (Phi) is 6.22. The summed E-state index contributed by atoms with van der Waals surface area (Å²) >= 11 is 0. The first-order valence-electron chi connectivity index (χ1n) is 8.65. The largest absolute Gasteiger partial charge is 0.415 e. The van der Waals surface area contributed by atoms with Crippen molar-refractivity contribution in [3.8, 4) is 17.1 Å². The molecule has 1 amide bonds. The van der Waals surface area contributed by atoms with E-state index in [9.17, 15) is 22.4 Å². The van der Waals surface area contributed by atoms with Crippen LogP contribution >= 0.6 is 0 Å². The Bertz CT molecular complexity index is 1080. The lowest BCUT2D eigenvalue weighted by atomic mass is 10.1. The van der Waals surface area contributed by atoms with Crippen LogP contribution in [0.1, 0.15) is 19.7 Å². The molecule has 0 spiro atoms. The summed E-state index contributed by atoms with van der Waals surface area (Å²) in [5.41, 5.74) is 0.814. The van der Waals surface area contributed by atoms with E-state index >= 15 is 0 Å². The van der Waals surface area contributed by atoms with Gasteiger partial charge in [0.1, 0.15) is 11.6 Å². The molecule has 31 heavy (non-hydrogen) atoms. The Morgan fingerprint density at radius 2 is 1.87 bits per heavy atom. The van der Waals surface area contributed by atoms with Gasteiger partial charge in [0.15, 0.2) is 0 Å². The normalized spacial score (nSPS) is 11.3. The minimum Gasteiger partial charge on any atom is -0.415 e. The summed E-state index contributed by atoms with van der Waals surface area (Å²) in [6, 6.07) is 2.79. The monoisotopic (exact) mass is 437 g/mol. The molecule has 0 aromatic carbocycles. The number of aromatic nitrogens is 5.